The molecule has 1 aliphatic heterocycles. The van der Waals surface area contributed by atoms with Crippen molar-refractivity contribution in [2.24, 2.45) is 0 Å². The number of hydrogen-bond acceptors (Lipinski definition) is 6. The zero-order chi connectivity index (χ0) is 30.3. The molecule has 0 saturated heterocycles. The number of carbonyl (C=O) groups is 2. The van der Waals surface area contributed by atoms with Crippen LogP contribution in [0.3, 0.4) is 0 Å². The number of nitrogens with one attached hydrogen (secondary N) is 1. The van der Waals surface area contributed by atoms with Crippen LogP contribution in [0.5, 0.6) is 11.5 Å². The summed E-state index contributed by atoms with van der Waals surface area (Å²) in [6.07, 6.45) is 1.17. The first kappa shape index (κ1) is 30.8. The first-order valence-corrected chi connectivity index (χ1v) is 15.4. The molecular formula is C31H36FN3O6S. The van der Waals surface area contributed by atoms with Gasteiger partial charge >= 0.3 is 0 Å². The molecule has 1 heterocycles. The van der Waals surface area contributed by atoms with Gasteiger partial charge in [0.25, 0.3) is 10.0 Å². The van der Waals surface area contributed by atoms with E-state index in [1.165, 1.54) is 35.2 Å². The fraction of sp³-hybridized carbons (Fsp3) is 0.355. The SMILES string of the molecule is CC[C@@H](C)NC(=O)[C@H](C)N(CCc1ccccc1)C(=O)CN(c1ccc(F)cc1)S(=O)(=O)c1ccc2c(c1)OCCO2. The van der Waals surface area contributed by atoms with Gasteiger partial charge in [-0.15, -0.1) is 0 Å². The van der Waals surface area contributed by atoms with E-state index in [4.69, 9.17) is 9.47 Å². The summed E-state index contributed by atoms with van der Waals surface area (Å²) >= 11 is 0. The van der Waals surface area contributed by atoms with Crippen molar-refractivity contribution in [1.82, 2.24) is 10.2 Å². The first-order valence-electron chi connectivity index (χ1n) is 13.9. The number of carbonyl (C=O) groups excluding carboxylic acids is 2. The van der Waals surface area contributed by atoms with Crippen molar-refractivity contribution in [3.05, 3.63) is 84.2 Å². The number of halogens is 1. The number of rotatable bonds is 12. The van der Waals surface area contributed by atoms with Crippen molar-refractivity contribution in [1.29, 1.82) is 0 Å². The molecule has 0 aromatic heterocycles. The Morgan fingerprint density at radius 1 is 0.952 bits per heavy atom. The lowest BCUT2D eigenvalue weighted by molar-refractivity contribution is -0.139. The summed E-state index contributed by atoms with van der Waals surface area (Å²) in [6.45, 7) is 5.62. The minimum absolute atomic E-state index is 0.0966. The highest BCUT2D eigenvalue weighted by Gasteiger charge is 2.33. The average Bonchev–Trinajstić information content (AvgIpc) is 3.00. The zero-order valence-electron chi connectivity index (χ0n) is 24.0. The van der Waals surface area contributed by atoms with Crippen LogP contribution in [-0.2, 0) is 26.0 Å². The van der Waals surface area contributed by atoms with Crippen molar-refractivity contribution in [3.8, 4) is 11.5 Å². The number of anilines is 1. The van der Waals surface area contributed by atoms with Gasteiger partial charge < -0.3 is 19.7 Å². The Morgan fingerprint density at radius 3 is 2.29 bits per heavy atom. The Hall–Kier alpha value is -4.12. The van der Waals surface area contributed by atoms with Crippen LogP contribution in [0.1, 0.15) is 32.8 Å². The predicted molar refractivity (Wildman–Crippen MR) is 158 cm³/mol. The predicted octanol–water partition coefficient (Wildman–Crippen LogP) is 4.17. The fourth-order valence-electron chi connectivity index (χ4n) is 4.48. The molecule has 9 nitrogen and oxygen atoms in total. The van der Waals surface area contributed by atoms with Crippen LogP contribution in [-0.4, -0.2) is 63.5 Å². The number of fused-ring (bicyclic) bond motifs is 1. The molecule has 11 heteroatoms. The lowest BCUT2D eigenvalue weighted by Gasteiger charge is -2.32. The van der Waals surface area contributed by atoms with Crippen molar-refractivity contribution in [3.63, 3.8) is 0 Å². The number of ether oxygens (including phenoxy) is 2. The van der Waals surface area contributed by atoms with Crippen molar-refractivity contribution in [2.45, 2.75) is 50.6 Å². The highest BCUT2D eigenvalue weighted by Crippen LogP contribution is 2.34. The second-order valence-electron chi connectivity index (χ2n) is 10.1. The summed E-state index contributed by atoms with van der Waals surface area (Å²) in [5.41, 5.74) is 1.06. The van der Waals surface area contributed by atoms with Gasteiger partial charge in [-0.25, -0.2) is 12.8 Å². The largest absolute Gasteiger partial charge is 0.486 e. The Kier molecular flexibility index (Phi) is 10.1. The Bertz CT molecular complexity index is 1480. The van der Waals surface area contributed by atoms with E-state index in [0.717, 1.165) is 22.0 Å². The highest BCUT2D eigenvalue weighted by molar-refractivity contribution is 7.92. The Balaban J connectivity index is 1.67. The monoisotopic (exact) mass is 597 g/mol. The van der Waals surface area contributed by atoms with Gasteiger partial charge in [-0.05, 0) is 68.7 Å². The summed E-state index contributed by atoms with van der Waals surface area (Å²) in [4.78, 5) is 28.3. The number of amides is 2. The van der Waals surface area contributed by atoms with Crippen LogP contribution < -0.4 is 19.1 Å². The van der Waals surface area contributed by atoms with E-state index in [0.29, 0.717) is 25.2 Å². The number of sulfonamides is 1. The maximum absolute atomic E-state index is 14.0. The maximum atomic E-state index is 14.0. The smallest absolute Gasteiger partial charge is 0.264 e. The second-order valence-corrected chi connectivity index (χ2v) is 12.0. The zero-order valence-corrected chi connectivity index (χ0v) is 24.8. The van der Waals surface area contributed by atoms with Gasteiger partial charge in [0.2, 0.25) is 11.8 Å². The number of nitrogens with zero attached hydrogens (tertiary/aromatic N) is 2. The molecule has 2 atom stereocenters. The lowest BCUT2D eigenvalue weighted by atomic mass is 10.1. The van der Waals surface area contributed by atoms with Gasteiger partial charge in [0.1, 0.15) is 31.6 Å². The fourth-order valence-corrected chi connectivity index (χ4v) is 5.91. The van der Waals surface area contributed by atoms with Gasteiger partial charge in [0.05, 0.1) is 10.6 Å². The normalized spacial score (nSPS) is 14.0. The van der Waals surface area contributed by atoms with E-state index in [1.54, 1.807) is 6.92 Å². The van der Waals surface area contributed by atoms with Crippen molar-refractivity contribution in [2.75, 3.05) is 30.6 Å². The van der Waals surface area contributed by atoms with E-state index in [9.17, 15) is 22.4 Å². The molecule has 3 aromatic carbocycles. The minimum atomic E-state index is -4.34. The van der Waals surface area contributed by atoms with Crippen LogP contribution in [0.15, 0.2) is 77.7 Å². The summed E-state index contributed by atoms with van der Waals surface area (Å²) in [5, 5.41) is 2.91. The molecule has 0 radical (unpaired) electrons. The second kappa shape index (κ2) is 13.7. The van der Waals surface area contributed by atoms with Gasteiger partial charge in [0, 0.05) is 18.7 Å². The molecule has 0 fully saturated rings. The van der Waals surface area contributed by atoms with Crippen molar-refractivity contribution >= 4 is 27.5 Å². The molecule has 0 saturated carbocycles. The van der Waals surface area contributed by atoms with E-state index in [1.807, 2.05) is 44.2 Å². The third-order valence-electron chi connectivity index (χ3n) is 7.15. The molecule has 42 heavy (non-hydrogen) atoms. The van der Waals surface area contributed by atoms with Crippen LogP contribution in [0.2, 0.25) is 0 Å². The summed E-state index contributed by atoms with van der Waals surface area (Å²) in [6, 6.07) is 17.6. The molecule has 2 amide bonds. The first-order chi connectivity index (χ1) is 20.1. The topological polar surface area (TPSA) is 105 Å². The highest BCUT2D eigenvalue weighted by atomic mass is 32.2. The molecule has 0 unspecified atom stereocenters. The third kappa shape index (κ3) is 7.39. The molecular weight excluding hydrogens is 561 g/mol. The van der Waals surface area contributed by atoms with E-state index in [2.05, 4.69) is 5.32 Å². The van der Waals surface area contributed by atoms with Crippen LogP contribution in [0.4, 0.5) is 10.1 Å². The molecule has 0 spiro atoms. The summed E-state index contributed by atoms with van der Waals surface area (Å²) < 4.78 is 53.9. The molecule has 0 bridgehead atoms. The van der Waals surface area contributed by atoms with Crippen LogP contribution >= 0.6 is 0 Å². The third-order valence-corrected chi connectivity index (χ3v) is 8.92. The molecule has 3 aromatic rings. The van der Waals surface area contributed by atoms with E-state index in [-0.39, 0.29) is 41.4 Å². The van der Waals surface area contributed by atoms with Crippen LogP contribution in [0, 0.1) is 5.82 Å². The van der Waals surface area contributed by atoms with E-state index >= 15 is 0 Å². The average molecular weight is 598 g/mol. The molecule has 1 N–H and O–H groups in total. The van der Waals surface area contributed by atoms with E-state index < -0.39 is 34.3 Å². The molecule has 4 rings (SSSR count). The molecule has 1 aliphatic rings. The number of benzene rings is 3. The van der Waals surface area contributed by atoms with Gasteiger partial charge in [-0.3, -0.25) is 13.9 Å². The maximum Gasteiger partial charge on any atom is 0.264 e. The lowest BCUT2D eigenvalue weighted by Crippen LogP contribution is -2.53. The summed E-state index contributed by atoms with van der Waals surface area (Å²) in [7, 11) is -4.34. The minimum Gasteiger partial charge on any atom is -0.486 e. The van der Waals surface area contributed by atoms with Gasteiger partial charge in [-0.2, -0.15) is 0 Å². The van der Waals surface area contributed by atoms with Gasteiger partial charge in [0.15, 0.2) is 11.5 Å². The van der Waals surface area contributed by atoms with Crippen molar-refractivity contribution < 1.29 is 31.9 Å². The summed E-state index contributed by atoms with van der Waals surface area (Å²) in [5.74, 6) is -0.788. The molecule has 0 aliphatic carbocycles. The number of hydrogen-bond donors (Lipinski definition) is 1. The Labute approximate surface area is 246 Å². The van der Waals surface area contributed by atoms with Gasteiger partial charge in [-0.1, -0.05) is 37.3 Å². The molecule has 224 valence electrons. The quantitative estimate of drug-likeness (QED) is 0.336. The van der Waals surface area contributed by atoms with Crippen LogP contribution in [0.25, 0.3) is 0 Å². The Morgan fingerprint density at radius 2 is 1.62 bits per heavy atom. The standard InChI is InChI=1S/C31H36FN3O6S/c1-4-22(2)33-31(37)23(3)34(17-16-24-8-6-5-7-9-24)30(36)21-35(26-12-10-25(32)11-13-26)42(38,39)27-14-15-28-29(20-27)41-19-18-40-28/h5-15,20,22-23H,4,16-19,21H2,1-3H3,(H,33,37)/t22-,23+/m1/s1.